The van der Waals surface area contributed by atoms with Crippen molar-refractivity contribution >= 4 is 11.9 Å². The summed E-state index contributed by atoms with van der Waals surface area (Å²) in [5.41, 5.74) is 6.27. The summed E-state index contributed by atoms with van der Waals surface area (Å²) in [7, 11) is 1.66. The van der Waals surface area contributed by atoms with Gasteiger partial charge in [0.1, 0.15) is 17.2 Å². The van der Waals surface area contributed by atoms with E-state index in [1.54, 1.807) is 27.9 Å². The number of aromatic hydroxyl groups is 2. The zero-order valence-corrected chi connectivity index (χ0v) is 29.3. The first-order valence-electron chi connectivity index (χ1n) is 15.8. The summed E-state index contributed by atoms with van der Waals surface area (Å²) in [5, 5.41) is 20.8. The van der Waals surface area contributed by atoms with E-state index in [1.807, 2.05) is 71.0 Å². The zero-order valence-electron chi connectivity index (χ0n) is 29.3. The molecule has 0 unspecified atom stereocenters. The Morgan fingerprint density at radius 2 is 1.06 bits per heavy atom. The zero-order chi connectivity index (χ0) is 35.1. The van der Waals surface area contributed by atoms with Crippen molar-refractivity contribution in [2.45, 2.75) is 73.1 Å². The maximum absolute atomic E-state index is 12.3. The standard InChI is InChI=1S/C21H26O3.C19H22O4/c1-7-24-20(22)21(4,5)17-12-15(3)19(18(13-17)23-6)16-10-8-9-14(2)11-16;1-5-23-18(22)19(3,4)14-10-15(20)17(16(21)11-14)13-8-6-7-12(2)9-13/h8-13H,7H2,1-6H3;6-11,20-21H,5H2,1-4H3. The van der Waals surface area contributed by atoms with E-state index in [1.165, 1.54) is 17.7 Å². The van der Waals surface area contributed by atoms with Crippen molar-refractivity contribution < 1.29 is 34.0 Å². The van der Waals surface area contributed by atoms with Gasteiger partial charge in [0.15, 0.2) is 0 Å². The lowest BCUT2D eigenvalue weighted by Gasteiger charge is -2.25. The van der Waals surface area contributed by atoms with Crippen molar-refractivity contribution in [3.05, 3.63) is 101 Å². The number of methoxy groups -OCH3 is 1. The molecule has 0 saturated heterocycles. The molecule has 47 heavy (non-hydrogen) atoms. The Hall–Kier alpha value is -4.78. The molecule has 0 saturated carbocycles. The number of hydrogen-bond donors (Lipinski definition) is 2. The van der Waals surface area contributed by atoms with Crippen LogP contribution >= 0.6 is 0 Å². The second-order valence-electron chi connectivity index (χ2n) is 12.7. The number of esters is 2. The third-order valence-corrected chi connectivity index (χ3v) is 8.24. The maximum atomic E-state index is 12.3. The van der Waals surface area contributed by atoms with Crippen LogP contribution in [0, 0.1) is 20.8 Å². The number of hydrogen-bond acceptors (Lipinski definition) is 7. The summed E-state index contributed by atoms with van der Waals surface area (Å²) in [6.45, 7) is 17.4. The van der Waals surface area contributed by atoms with E-state index >= 15 is 0 Å². The first kappa shape index (κ1) is 36.7. The van der Waals surface area contributed by atoms with Crippen LogP contribution in [0.25, 0.3) is 22.3 Å². The van der Waals surface area contributed by atoms with Crippen LogP contribution in [0.5, 0.6) is 17.2 Å². The summed E-state index contributed by atoms with van der Waals surface area (Å²) >= 11 is 0. The summed E-state index contributed by atoms with van der Waals surface area (Å²) in [6.07, 6.45) is 0. The third kappa shape index (κ3) is 8.33. The van der Waals surface area contributed by atoms with E-state index in [2.05, 4.69) is 31.2 Å². The summed E-state index contributed by atoms with van der Waals surface area (Å²) < 4.78 is 15.9. The Bertz CT molecular complexity index is 1710. The molecule has 7 heteroatoms. The van der Waals surface area contributed by atoms with Gasteiger partial charge < -0.3 is 24.4 Å². The predicted octanol–water partition coefficient (Wildman–Crippen LogP) is 8.73. The Morgan fingerprint density at radius 1 is 0.638 bits per heavy atom. The van der Waals surface area contributed by atoms with E-state index in [9.17, 15) is 19.8 Å². The molecule has 0 spiro atoms. The van der Waals surface area contributed by atoms with Gasteiger partial charge in [0.2, 0.25) is 0 Å². The van der Waals surface area contributed by atoms with Gasteiger partial charge in [-0.3, -0.25) is 9.59 Å². The second-order valence-corrected chi connectivity index (χ2v) is 12.7. The molecule has 0 heterocycles. The van der Waals surface area contributed by atoms with Crippen LogP contribution in [-0.2, 0) is 29.9 Å². The normalized spacial score (nSPS) is 11.3. The molecule has 0 aliphatic carbocycles. The van der Waals surface area contributed by atoms with Gasteiger partial charge in [-0.15, -0.1) is 0 Å². The van der Waals surface area contributed by atoms with E-state index < -0.39 is 16.8 Å². The molecular weight excluding hydrogens is 592 g/mol. The lowest BCUT2D eigenvalue weighted by molar-refractivity contribution is -0.149. The summed E-state index contributed by atoms with van der Waals surface area (Å²) in [5.74, 6) is 0.00999. The van der Waals surface area contributed by atoms with Gasteiger partial charge in [0.25, 0.3) is 0 Å². The molecule has 0 aliphatic heterocycles. The number of benzene rings is 4. The molecule has 4 aromatic carbocycles. The summed E-state index contributed by atoms with van der Waals surface area (Å²) in [6, 6.07) is 22.8. The van der Waals surface area contributed by atoms with Crippen molar-refractivity contribution in [1.82, 2.24) is 0 Å². The SMILES string of the molecule is CCOC(=O)C(C)(C)c1cc(C)c(-c2cccc(C)c2)c(OC)c1.CCOC(=O)C(C)(C)c1cc(O)c(-c2cccc(C)c2)c(O)c1. The van der Waals surface area contributed by atoms with Crippen LogP contribution < -0.4 is 4.74 Å². The average molecular weight is 641 g/mol. The third-order valence-electron chi connectivity index (χ3n) is 8.24. The number of aryl methyl sites for hydroxylation is 3. The Kier molecular flexibility index (Phi) is 11.9. The minimum atomic E-state index is -0.962. The van der Waals surface area contributed by atoms with Crippen molar-refractivity contribution in [1.29, 1.82) is 0 Å². The van der Waals surface area contributed by atoms with Crippen LogP contribution in [-0.4, -0.2) is 42.5 Å². The molecule has 0 atom stereocenters. The first-order chi connectivity index (χ1) is 22.1. The minimum Gasteiger partial charge on any atom is -0.507 e. The van der Waals surface area contributed by atoms with E-state index in [4.69, 9.17) is 14.2 Å². The Balaban J connectivity index is 0.000000256. The fourth-order valence-electron chi connectivity index (χ4n) is 5.37. The summed E-state index contributed by atoms with van der Waals surface area (Å²) in [4.78, 5) is 24.4. The molecule has 7 nitrogen and oxygen atoms in total. The number of phenolic OH excluding ortho intramolecular Hbond substituents is 2. The number of phenols is 2. The Labute approximate surface area is 279 Å². The largest absolute Gasteiger partial charge is 0.507 e. The predicted molar refractivity (Wildman–Crippen MR) is 187 cm³/mol. The minimum absolute atomic E-state index is 0.0667. The van der Waals surface area contributed by atoms with Crippen LogP contribution in [0.4, 0.5) is 0 Å². The molecule has 0 amide bonds. The molecule has 250 valence electrons. The molecule has 2 N–H and O–H groups in total. The molecule has 4 aromatic rings. The number of carbonyl (C=O) groups excluding carboxylic acids is 2. The topological polar surface area (TPSA) is 102 Å². The molecule has 0 fully saturated rings. The number of ether oxygens (including phenoxy) is 3. The van der Waals surface area contributed by atoms with Crippen LogP contribution in [0.15, 0.2) is 72.8 Å². The van der Waals surface area contributed by atoms with E-state index in [-0.39, 0.29) is 24.1 Å². The second kappa shape index (κ2) is 15.2. The van der Waals surface area contributed by atoms with Gasteiger partial charge in [-0.05, 0) is 108 Å². The van der Waals surface area contributed by atoms with Crippen LogP contribution in [0.3, 0.4) is 0 Å². The Morgan fingerprint density at radius 3 is 1.47 bits per heavy atom. The van der Waals surface area contributed by atoms with E-state index in [0.717, 1.165) is 39.1 Å². The highest BCUT2D eigenvalue weighted by Crippen LogP contribution is 2.42. The smallest absolute Gasteiger partial charge is 0.315 e. The molecule has 0 bridgehead atoms. The van der Waals surface area contributed by atoms with E-state index in [0.29, 0.717) is 17.7 Å². The molecular formula is C40H48O7. The molecule has 0 radical (unpaired) electrons. The fourth-order valence-corrected chi connectivity index (χ4v) is 5.37. The van der Waals surface area contributed by atoms with Gasteiger partial charge >= 0.3 is 11.9 Å². The monoisotopic (exact) mass is 640 g/mol. The molecule has 0 aromatic heterocycles. The lowest BCUT2D eigenvalue weighted by atomic mass is 9.82. The van der Waals surface area contributed by atoms with Gasteiger partial charge in [-0.25, -0.2) is 0 Å². The fraction of sp³-hybridized carbons (Fsp3) is 0.350. The maximum Gasteiger partial charge on any atom is 0.315 e. The van der Waals surface area contributed by atoms with Gasteiger partial charge in [0.05, 0.1) is 36.7 Å². The number of rotatable bonds is 9. The lowest BCUT2D eigenvalue weighted by Crippen LogP contribution is -2.31. The highest BCUT2D eigenvalue weighted by atomic mass is 16.5. The van der Waals surface area contributed by atoms with Gasteiger partial charge in [-0.1, -0.05) is 65.7 Å². The van der Waals surface area contributed by atoms with Crippen molar-refractivity contribution in [2.75, 3.05) is 20.3 Å². The quantitative estimate of drug-likeness (QED) is 0.176. The van der Waals surface area contributed by atoms with Gasteiger partial charge in [0, 0.05) is 5.56 Å². The molecule has 0 aliphatic rings. The van der Waals surface area contributed by atoms with Crippen LogP contribution in [0.2, 0.25) is 0 Å². The highest BCUT2D eigenvalue weighted by Gasteiger charge is 2.34. The highest BCUT2D eigenvalue weighted by molar-refractivity contribution is 5.85. The number of carbonyl (C=O) groups is 2. The van der Waals surface area contributed by atoms with Crippen molar-refractivity contribution in [2.24, 2.45) is 0 Å². The van der Waals surface area contributed by atoms with Gasteiger partial charge in [-0.2, -0.15) is 0 Å². The van der Waals surface area contributed by atoms with Crippen LogP contribution in [0.1, 0.15) is 69.4 Å². The van der Waals surface area contributed by atoms with Crippen molar-refractivity contribution in [3.63, 3.8) is 0 Å². The molecule has 4 rings (SSSR count). The first-order valence-corrected chi connectivity index (χ1v) is 15.8. The average Bonchev–Trinajstić information content (AvgIpc) is 3.00. The van der Waals surface area contributed by atoms with Crippen molar-refractivity contribution in [3.8, 4) is 39.5 Å².